The zero-order valence-corrected chi connectivity index (χ0v) is 16.1. The van der Waals surface area contributed by atoms with Crippen LogP contribution in [0.15, 0.2) is 48.5 Å². The van der Waals surface area contributed by atoms with E-state index >= 15 is 0 Å². The third-order valence-electron chi connectivity index (χ3n) is 4.88. The molecule has 0 spiro atoms. The molecule has 0 saturated carbocycles. The van der Waals surface area contributed by atoms with E-state index in [2.05, 4.69) is 22.3 Å². The van der Waals surface area contributed by atoms with Gasteiger partial charge in [-0.2, -0.15) is 0 Å². The average Bonchev–Trinajstić information content (AvgIpc) is 3.17. The minimum Gasteiger partial charge on any atom is -0.372 e. The number of nitrogens with one attached hydrogen (secondary N) is 1. The lowest BCUT2D eigenvalue weighted by Crippen LogP contribution is -2.32. The van der Waals surface area contributed by atoms with Gasteiger partial charge in [-0.25, -0.2) is 0 Å². The van der Waals surface area contributed by atoms with Crippen molar-refractivity contribution in [1.82, 2.24) is 0 Å². The predicted octanol–water partition coefficient (Wildman–Crippen LogP) is 3.98. The Morgan fingerprint density at radius 2 is 1.78 bits per heavy atom. The molecule has 0 aliphatic carbocycles. The van der Waals surface area contributed by atoms with Gasteiger partial charge < -0.3 is 15.1 Å². The van der Waals surface area contributed by atoms with Crippen molar-refractivity contribution in [1.29, 1.82) is 0 Å². The first-order valence-corrected chi connectivity index (χ1v) is 9.52. The summed E-state index contributed by atoms with van der Waals surface area (Å²) in [7, 11) is 0. The molecule has 2 aromatic rings. The van der Waals surface area contributed by atoms with E-state index in [9.17, 15) is 9.59 Å². The highest BCUT2D eigenvalue weighted by molar-refractivity contribution is 5.94. The van der Waals surface area contributed by atoms with Gasteiger partial charge in [0.15, 0.2) is 0 Å². The van der Waals surface area contributed by atoms with Gasteiger partial charge in [0.05, 0.1) is 0 Å². The summed E-state index contributed by atoms with van der Waals surface area (Å²) in [6.07, 6.45) is 2.74. The van der Waals surface area contributed by atoms with E-state index in [-0.39, 0.29) is 18.2 Å². The molecule has 3 rings (SSSR count). The maximum absolute atomic E-state index is 12.3. The van der Waals surface area contributed by atoms with E-state index in [1.165, 1.54) is 25.5 Å². The third-order valence-corrected chi connectivity index (χ3v) is 4.88. The van der Waals surface area contributed by atoms with Crippen LogP contribution in [0.5, 0.6) is 0 Å². The molecule has 0 radical (unpaired) electrons. The molecule has 2 aromatic carbocycles. The Morgan fingerprint density at radius 1 is 1.07 bits per heavy atom. The summed E-state index contributed by atoms with van der Waals surface area (Å²) in [6, 6.07) is 15.7. The molecule has 1 saturated heterocycles. The van der Waals surface area contributed by atoms with Crippen LogP contribution in [0.4, 0.5) is 17.1 Å². The summed E-state index contributed by atoms with van der Waals surface area (Å²) >= 11 is 0. The molecule has 0 bridgehead atoms. The molecular weight excluding hydrogens is 338 g/mol. The summed E-state index contributed by atoms with van der Waals surface area (Å²) < 4.78 is 0. The molecule has 27 heavy (non-hydrogen) atoms. The van der Waals surface area contributed by atoms with Crippen molar-refractivity contribution in [3.63, 3.8) is 0 Å². The minimum atomic E-state index is -0.0946. The van der Waals surface area contributed by atoms with Gasteiger partial charge in [0.2, 0.25) is 11.8 Å². The number of benzene rings is 2. The standard InChI is InChI=1S/C22H27N3O2/c1-17-6-5-7-21(16-17)25(18(2)26)15-12-22(27)23-19-8-10-20(11-9-19)24-13-3-4-14-24/h5-11,16H,3-4,12-15H2,1-2H3,(H,23,27). The third kappa shape index (κ3) is 5.09. The van der Waals surface area contributed by atoms with E-state index < -0.39 is 0 Å². The first-order valence-electron chi connectivity index (χ1n) is 9.52. The number of carbonyl (C=O) groups is 2. The topological polar surface area (TPSA) is 52.7 Å². The predicted molar refractivity (Wildman–Crippen MR) is 110 cm³/mol. The number of hydrogen-bond donors (Lipinski definition) is 1. The lowest BCUT2D eigenvalue weighted by atomic mass is 10.2. The highest BCUT2D eigenvalue weighted by Gasteiger charge is 2.15. The van der Waals surface area contributed by atoms with Gasteiger partial charge in [-0.15, -0.1) is 0 Å². The monoisotopic (exact) mass is 365 g/mol. The molecule has 1 fully saturated rings. The van der Waals surface area contributed by atoms with Crippen LogP contribution < -0.4 is 15.1 Å². The van der Waals surface area contributed by atoms with Gasteiger partial charge in [-0.3, -0.25) is 9.59 Å². The molecule has 2 amide bonds. The van der Waals surface area contributed by atoms with Crippen molar-refractivity contribution in [2.45, 2.75) is 33.1 Å². The fraction of sp³-hybridized carbons (Fsp3) is 0.364. The van der Waals surface area contributed by atoms with Crippen LogP contribution in [0.3, 0.4) is 0 Å². The average molecular weight is 365 g/mol. The maximum atomic E-state index is 12.3. The smallest absolute Gasteiger partial charge is 0.226 e. The van der Waals surface area contributed by atoms with E-state index in [0.717, 1.165) is 30.0 Å². The van der Waals surface area contributed by atoms with Gasteiger partial charge in [-0.05, 0) is 61.7 Å². The first kappa shape index (κ1) is 19.0. The Morgan fingerprint density at radius 3 is 2.41 bits per heavy atom. The summed E-state index contributed by atoms with van der Waals surface area (Å²) in [4.78, 5) is 28.3. The van der Waals surface area contributed by atoms with Crippen LogP contribution in [-0.4, -0.2) is 31.4 Å². The van der Waals surface area contributed by atoms with Crippen molar-refractivity contribution >= 4 is 28.9 Å². The molecule has 0 unspecified atom stereocenters. The Bertz CT molecular complexity index is 795. The maximum Gasteiger partial charge on any atom is 0.226 e. The van der Waals surface area contributed by atoms with Gasteiger partial charge in [0.25, 0.3) is 0 Å². The van der Waals surface area contributed by atoms with E-state index in [1.807, 2.05) is 43.3 Å². The summed E-state index contributed by atoms with van der Waals surface area (Å²) in [5.74, 6) is -0.161. The van der Waals surface area contributed by atoms with Crippen molar-refractivity contribution in [3.05, 3.63) is 54.1 Å². The second-order valence-electron chi connectivity index (χ2n) is 7.05. The minimum absolute atomic E-state index is 0.0663. The van der Waals surface area contributed by atoms with Crippen LogP contribution in [-0.2, 0) is 9.59 Å². The zero-order valence-electron chi connectivity index (χ0n) is 16.1. The lowest BCUT2D eigenvalue weighted by Gasteiger charge is -2.21. The largest absolute Gasteiger partial charge is 0.372 e. The number of nitrogens with zero attached hydrogens (tertiary/aromatic N) is 2. The van der Waals surface area contributed by atoms with Gasteiger partial charge in [0, 0.05) is 50.0 Å². The number of anilines is 3. The number of carbonyl (C=O) groups excluding carboxylic acids is 2. The number of rotatable bonds is 6. The zero-order chi connectivity index (χ0) is 19.2. The highest BCUT2D eigenvalue weighted by atomic mass is 16.2. The first-order chi connectivity index (χ1) is 13.0. The molecular formula is C22H27N3O2. The highest BCUT2D eigenvalue weighted by Crippen LogP contribution is 2.22. The molecule has 5 nitrogen and oxygen atoms in total. The second kappa shape index (κ2) is 8.71. The fourth-order valence-electron chi connectivity index (χ4n) is 3.43. The van der Waals surface area contributed by atoms with Crippen molar-refractivity contribution in [3.8, 4) is 0 Å². The summed E-state index contributed by atoms with van der Waals surface area (Å²) in [5, 5.41) is 2.92. The van der Waals surface area contributed by atoms with Gasteiger partial charge in [-0.1, -0.05) is 12.1 Å². The Kier molecular flexibility index (Phi) is 6.12. The second-order valence-corrected chi connectivity index (χ2v) is 7.05. The van der Waals surface area contributed by atoms with Gasteiger partial charge >= 0.3 is 0 Å². The van der Waals surface area contributed by atoms with Crippen LogP contribution in [0, 0.1) is 6.92 Å². The van der Waals surface area contributed by atoms with Crippen LogP contribution in [0.25, 0.3) is 0 Å². The van der Waals surface area contributed by atoms with Gasteiger partial charge in [0.1, 0.15) is 0 Å². The number of amides is 2. The van der Waals surface area contributed by atoms with Crippen LogP contribution in [0.2, 0.25) is 0 Å². The quantitative estimate of drug-likeness (QED) is 0.842. The molecule has 5 heteroatoms. The molecule has 1 heterocycles. The lowest BCUT2D eigenvalue weighted by molar-refractivity contribution is -0.117. The molecule has 1 N–H and O–H groups in total. The number of hydrogen-bond acceptors (Lipinski definition) is 3. The van der Waals surface area contributed by atoms with Crippen molar-refractivity contribution in [2.75, 3.05) is 34.8 Å². The fourth-order valence-corrected chi connectivity index (χ4v) is 3.43. The molecule has 1 aliphatic heterocycles. The Balaban J connectivity index is 1.55. The molecule has 142 valence electrons. The molecule has 1 aliphatic rings. The Labute approximate surface area is 161 Å². The summed E-state index contributed by atoms with van der Waals surface area (Å²) in [5.41, 5.74) is 3.90. The van der Waals surface area contributed by atoms with Crippen molar-refractivity contribution in [2.24, 2.45) is 0 Å². The Hall–Kier alpha value is -2.82. The van der Waals surface area contributed by atoms with Crippen molar-refractivity contribution < 1.29 is 9.59 Å². The SMILES string of the molecule is CC(=O)N(CCC(=O)Nc1ccc(N2CCCC2)cc1)c1cccc(C)c1. The number of aryl methyl sites for hydroxylation is 1. The van der Waals surface area contributed by atoms with Crippen LogP contribution >= 0.6 is 0 Å². The normalized spacial score (nSPS) is 13.5. The molecule has 0 aromatic heterocycles. The molecule has 0 atom stereocenters. The van der Waals surface area contributed by atoms with E-state index in [1.54, 1.807) is 4.90 Å². The van der Waals surface area contributed by atoms with Crippen LogP contribution in [0.1, 0.15) is 31.7 Å². The van der Waals surface area contributed by atoms with E-state index in [0.29, 0.717) is 6.54 Å². The summed E-state index contributed by atoms with van der Waals surface area (Å²) in [6.45, 7) is 6.07. The van der Waals surface area contributed by atoms with E-state index in [4.69, 9.17) is 0 Å².